The highest BCUT2D eigenvalue weighted by Gasteiger charge is 2.12. The maximum Gasteiger partial charge on any atom is 0.335 e. The van der Waals surface area contributed by atoms with Gasteiger partial charge in [0, 0.05) is 16.8 Å². The van der Waals surface area contributed by atoms with Crippen molar-refractivity contribution in [2.45, 2.75) is 6.92 Å². The predicted molar refractivity (Wildman–Crippen MR) is 111 cm³/mol. The van der Waals surface area contributed by atoms with E-state index in [1.165, 1.54) is 31.4 Å². The standard InChI is InChI=1S/C19H19ClN2O5S/c1-11-7-15(16(27-2)8-14(11)20)22-18(24)10-28-9-17(23)21-13-5-3-12(4-6-13)19(25)26/h3-8H,9-10H2,1-2H3,(H,21,23)(H,22,24)(H,25,26). The van der Waals surface area contributed by atoms with Crippen LogP contribution in [-0.2, 0) is 9.59 Å². The van der Waals surface area contributed by atoms with Crippen LogP contribution in [0, 0.1) is 6.92 Å². The fraction of sp³-hybridized carbons (Fsp3) is 0.211. The van der Waals surface area contributed by atoms with E-state index in [0.29, 0.717) is 22.1 Å². The summed E-state index contributed by atoms with van der Waals surface area (Å²) in [7, 11) is 1.48. The fourth-order valence-electron chi connectivity index (χ4n) is 2.25. The molecule has 2 aromatic carbocycles. The van der Waals surface area contributed by atoms with Gasteiger partial charge in [0.05, 0.1) is 29.9 Å². The molecule has 2 aromatic rings. The van der Waals surface area contributed by atoms with Gasteiger partial charge in [-0.3, -0.25) is 9.59 Å². The van der Waals surface area contributed by atoms with E-state index in [-0.39, 0.29) is 28.9 Å². The number of rotatable bonds is 8. The summed E-state index contributed by atoms with van der Waals surface area (Å²) in [5.74, 6) is -0.992. The molecule has 0 saturated heterocycles. The van der Waals surface area contributed by atoms with Crippen molar-refractivity contribution in [1.82, 2.24) is 0 Å². The van der Waals surface area contributed by atoms with Gasteiger partial charge in [-0.1, -0.05) is 11.6 Å². The summed E-state index contributed by atoms with van der Waals surface area (Å²) in [5, 5.41) is 14.8. The smallest absolute Gasteiger partial charge is 0.335 e. The van der Waals surface area contributed by atoms with E-state index >= 15 is 0 Å². The van der Waals surface area contributed by atoms with Crippen LogP contribution in [0.25, 0.3) is 0 Å². The van der Waals surface area contributed by atoms with Crippen LogP contribution in [-0.4, -0.2) is 41.5 Å². The number of aryl methyl sites for hydroxylation is 1. The molecule has 0 aliphatic carbocycles. The highest BCUT2D eigenvalue weighted by Crippen LogP contribution is 2.31. The van der Waals surface area contributed by atoms with Crippen molar-refractivity contribution in [3.8, 4) is 5.75 Å². The van der Waals surface area contributed by atoms with Gasteiger partial charge < -0.3 is 20.5 Å². The van der Waals surface area contributed by atoms with Crippen molar-refractivity contribution >= 4 is 52.5 Å². The lowest BCUT2D eigenvalue weighted by Gasteiger charge is -2.12. The Morgan fingerprint density at radius 3 is 2.25 bits per heavy atom. The number of methoxy groups -OCH3 is 1. The van der Waals surface area contributed by atoms with Gasteiger partial charge in [0.15, 0.2) is 0 Å². The molecule has 0 aliphatic heterocycles. The predicted octanol–water partition coefficient (Wildman–Crippen LogP) is 3.67. The zero-order valence-corrected chi connectivity index (χ0v) is 16.8. The molecule has 0 spiro atoms. The van der Waals surface area contributed by atoms with Crippen LogP contribution in [0.2, 0.25) is 5.02 Å². The molecule has 148 valence electrons. The zero-order chi connectivity index (χ0) is 20.7. The Morgan fingerprint density at radius 2 is 1.68 bits per heavy atom. The molecular formula is C19H19ClN2O5S. The summed E-state index contributed by atoms with van der Waals surface area (Å²) in [6.07, 6.45) is 0. The first-order chi connectivity index (χ1) is 13.3. The van der Waals surface area contributed by atoms with Crippen molar-refractivity contribution in [3.05, 3.63) is 52.5 Å². The van der Waals surface area contributed by atoms with Gasteiger partial charge in [0.25, 0.3) is 0 Å². The number of amides is 2. The maximum atomic E-state index is 12.1. The van der Waals surface area contributed by atoms with Crippen LogP contribution >= 0.6 is 23.4 Å². The first-order valence-corrected chi connectivity index (χ1v) is 9.68. The number of anilines is 2. The molecule has 0 radical (unpaired) electrons. The Labute approximate surface area is 171 Å². The van der Waals surface area contributed by atoms with E-state index in [1.54, 1.807) is 12.1 Å². The van der Waals surface area contributed by atoms with E-state index in [4.69, 9.17) is 21.4 Å². The SMILES string of the molecule is COc1cc(Cl)c(C)cc1NC(=O)CSCC(=O)Nc1ccc(C(=O)O)cc1. The summed E-state index contributed by atoms with van der Waals surface area (Å²) in [4.78, 5) is 34.9. The van der Waals surface area contributed by atoms with Crippen LogP contribution in [0.4, 0.5) is 11.4 Å². The minimum atomic E-state index is -1.04. The third-order valence-electron chi connectivity index (χ3n) is 3.64. The summed E-state index contributed by atoms with van der Waals surface area (Å²) in [6, 6.07) is 9.17. The minimum Gasteiger partial charge on any atom is -0.495 e. The first kappa shape index (κ1) is 21.6. The van der Waals surface area contributed by atoms with Crippen LogP contribution < -0.4 is 15.4 Å². The number of carbonyl (C=O) groups excluding carboxylic acids is 2. The Bertz CT molecular complexity index is 887. The number of ether oxygens (including phenoxy) is 1. The number of halogens is 1. The van der Waals surface area contributed by atoms with E-state index in [0.717, 1.165) is 17.3 Å². The second kappa shape index (κ2) is 10.0. The molecule has 2 amide bonds. The molecule has 7 nitrogen and oxygen atoms in total. The van der Waals surface area contributed by atoms with E-state index in [1.807, 2.05) is 6.92 Å². The van der Waals surface area contributed by atoms with E-state index in [9.17, 15) is 14.4 Å². The van der Waals surface area contributed by atoms with Gasteiger partial charge in [-0.05, 0) is 42.8 Å². The number of hydrogen-bond acceptors (Lipinski definition) is 5. The number of benzene rings is 2. The molecule has 28 heavy (non-hydrogen) atoms. The molecule has 0 aliphatic rings. The third kappa shape index (κ3) is 6.17. The van der Waals surface area contributed by atoms with Gasteiger partial charge in [-0.15, -0.1) is 11.8 Å². The molecule has 0 saturated carbocycles. The lowest BCUT2D eigenvalue weighted by atomic mass is 10.2. The molecule has 0 aromatic heterocycles. The lowest BCUT2D eigenvalue weighted by molar-refractivity contribution is -0.114. The molecule has 2 rings (SSSR count). The summed E-state index contributed by atoms with van der Waals surface area (Å²) < 4.78 is 5.21. The summed E-state index contributed by atoms with van der Waals surface area (Å²) >= 11 is 7.19. The molecule has 0 atom stereocenters. The molecular weight excluding hydrogens is 404 g/mol. The van der Waals surface area contributed by atoms with Crippen LogP contribution in [0.3, 0.4) is 0 Å². The van der Waals surface area contributed by atoms with Gasteiger partial charge in [-0.2, -0.15) is 0 Å². The monoisotopic (exact) mass is 422 g/mol. The van der Waals surface area contributed by atoms with Crippen molar-refractivity contribution in [2.24, 2.45) is 0 Å². The average molecular weight is 423 g/mol. The first-order valence-electron chi connectivity index (χ1n) is 8.15. The Morgan fingerprint density at radius 1 is 1.07 bits per heavy atom. The van der Waals surface area contributed by atoms with Gasteiger partial charge in [0.1, 0.15) is 5.75 Å². The highest BCUT2D eigenvalue weighted by molar-refractivity contribution is 8.00. The van der Waals surface area contributed by atoms with Crippen LogP contribution in [0.15, 0.2) is 36.4 Å². The van der Waals surface area contributed by atoms with E-state index in [2.05, 4.69) is 10.6 Å². The Balaban J connectivity index is 1.81. The lowest BCUT2D eigenvalue weighted by Crippen LogP contribution is -2.18. The molecule has 0 unspecified atom stereocenters. The summed E-state index contributed by atoms with van der Waals surface area (Å²) in [6.45, 7) is 1.82. The number of carbonyl (C=O) groups is 3. The van der Waals surface area contributed by atoms with Crippen molar-refractivity contribution in [3.63, 3.8) is 0 Å². The van der Waals surface area contributed by atoms with Gasteiger partial charge in [-0.25, -0.2) is 4.79 Å². The molecule has 0 bridgehead atoms. The minimum absolute atomic E-state index is 0.0743. The number of hydrogen-bond donors (Lipinski definition) is 3. The number of aromatic carboxylic acids is 1. The van der Waals surface area contributed by atoms with Gasteiger partial charge in [0.2, 0.25) is 11.8 Å². The normalized spacial score (nSPS) is 10.2. The second-order valence-corrected chi connectivity index (χ2v) is 7.17. The molecule has 0 heterocycles. The van der Waals surface area contributed by atoms with Crippen LogP contribution in [0.5, 0.6) is 5.75 Å². The maximum absolute atomic E-state index is 12.1. The molecule has 0 fully saturated rings. The number of nitrogens with one attached hydrogen (secondary N) is 2. The fourth-order valence-corrected chi connectivity index (χ4v) is 3.02. The second-order valence-electron chi connectivity index (χ2n) is 5.77. The highest BCUT2D eigenvalue weighted by atomic mass is 35.5. The van der Waals surface area contributed by atoms with Crippen LogP contribution in [0.1, 0.15) is 15.9 Å². The number of carboxylic acids is 1. The van der Waals surface area contributed by atoms with Crippen molar-refractivity contribution < 1.29 is 24.2 Å². The number of thioether (sulfide) groups is 1. The van der Waals surface area contributed by atoms with Gasteiger partial charge >= 0.3 is 5.97 Å². The summed E-state index contributed by atoms with van der Waals surface area (Å²) in [5.41, 5.74) is 1.94. The zero-order valence-electron chi connectivity index (χ0n) is 15.2. The van der Waals surface area contributed by atoms with Crippen molar-refractivity contribution in [1.29, 1.82) is 0 Å². The van der Waals surface area contributed by atoms with E-state index < -0.39 is 5.97 Å². The molecule has 3 N–H and O–H groups in total. The average Bonchev–Trinajstić information content (AvgIpc) is 2.65. The van der Waals surface area contributed by atoms with Crippen molar-refractivity contribution in [2.75, 3.05) is 29.2 Å². The largest absolute Gasteiger partial charge is 0.495 e. The third-order valence-corrected chi connectivity index (χ3v) is 4.98. The Kier molecular flexibility index (Phi) is 7.71. The molecule has 9 heteroatoms. The number of carboxylic acid groups (broad SMARTS) is 1. The quantitative estimate of drug-likeness (QED) is 0.599. The Hall–Kier alpha value is -2.71. The topological polar surface area (TPSA) is 105 Å².